The van der Waals surface area contributed by atoms with Crippen LogP contribution in [0.25, 0.3) is 10.9 Å². The minimum absolute atomic E-state index is 0.0303. The number of carbonyl (C=O) groups is 1. The van der Waals surface area contributed by atoms with Crippen LogP contribution in [0.4, 0.5) is 0 Å². The molecule has 0 radical (unpaired) electrons. The van der Waals surface area contributed by atoms with E-state index >= 15 is 0 Å². The highest BCUT2D eigenvalue weighted by molar-refractivity contribution is 5.80. The second kappa shape index (κ2) is 6.78. The third kappa shape index (κ3) is 3.27. The molecule has 3 aromatic rings. The highest BCUT2D eigenvalue weighted by Crippen LogP contribution is 2.21. The number of amides is 1. The lowest BCUT2D eigenvalue weighted by atomic mass is 10.1. The maximum atomic E-state index is 12.6. The predicted molar refractivity (Wildman–Crippen MR) is 97.0 cm³/mol. The second-order valence-corrected chi connectivity index (χ2v) is 6.69. The molecule has 0 aliphatic carbocycles. The summed E-state index contributed by atoms with van der Waals surface area (Å²) in [4.78, 5) is 19.0. The number of fused-ring (bicyclic) bond motifs is 1. The van der Waals surface area contributed by atoms with Crippen molar-refractivity contribution in [1.29, 1.82) is 0 Å². The van der Waals surface area contributed by atoms with Crippen LogP contribution in [0, 0.1) is 13.8 Å². The first kappa shape index (κ1) is 16.6. The van der Waals surface area contributed by atoms with Gasteiger partial charge in [0.15, 0.2) is 0 Å². The van der Waals surface area contributed by atoms with E-state index in [1.165, 1.54) is 0 Å². The summed E-state index contributed by atoms with van der Waals surface area (Å²) in [6.07, 6.45) is 1.10. The molecule has 3 heterocycles. The van der Waals surface area contributed by atoms with Gasteiger partial charge in [-0.25, -0.2) is 4.98 Å². The van der Waals surface area contributed by atoms with Gasteiger partial charge in [-0.1, -0.05) is 23.4 Å². The number of aryl methyl sites for hydroxylation is 2. The Morgan fingerprint density at radius 1 is 1.27 bits per heavy atom. The molecule has 6 nitrogen and oxygen atoms in total. The van der Waals surface area contributed by atoms with Crippen LogP contribution in [-0.2, 0) is 11.2 Å². The summed E-state index contributed by atoms with van der Waals surface area (Å²) in [5.41, 5.74) is 2.58. The van der Waals surface area contributed by atoms with Crippen molar-refractivity contribution >= 4 is 16.8 Å². The third-order valence-electron chi connectivity index (χ3n) is 4.87. The van der Waals surface area contributed by atoms with Crippen molar-refractivity contribution in [3.63, 3.8) is 0 Å². The normalized spacial score (nSPS) is 17.0. The van der Waals surface area contributed by atoms with E-state index in [1.54, 1.807) is 0 Å². The Balaban J connectivity index is 1.39. The summed E-state index contributed by atoms with van der Waals surface area (Å²) in [5.74, 6) is 1.40. The number of rotatable bonds is 4. The van der Waals surface area contributed by atoms with Crippen LogP contribution in [0.1, 0.15) is 23.4 Å². The smallest absolute Gasteiger partial charge is 0.227 e. The topological polar surface area (TPSA) is 68.5 Å². The lowest BCUT2D eigenvalue weighted by Gasteiger charge is -2.17. The van der Waals surface area contributed by atoms with Gasteiger partial charge in [0, 0.05) is 30.0 Å². The summed E-state index contributed by atoms with van der Waals surface area (Å²) in [6, 6.07) is 11.8. The molecule has 0 unspecified atom stereocenters. The van der Waals surface area contributed by atoms with Gasteiger partial charge in [0.25, 0.3) is 0 Å². The van der Waals surface area contributed by atoms with E-state index in [4.69, 9.17) is 9.26 Å². The zero-order valence-electron chi connectivity index (χ0n) is 14.9. The lowest BCUT2D eigenvalue weighted by Crippen LogP contribution is -2.32. The summed E-state index contributed by atoms with van der Waals surface area (Å²) >= 11 is 0. The molecular formula is C20H21N3O3. The Bertz CT molecular complexity index is 931. The molecule has 26 heavy (non-hydrogen) atoms. The van der Waals surface area contributed by atoms with Gasteiger partial charge in [-0.05, 0) is 26.0 Å². The highest BCUT2D eigenvalue weighted by Gasteiger charge is 2.29. The number of ether oxygens (including phenoxy) is 1. The fraction of sp³-hybridized carbons (Fsp3) is 0.350. The van der Waals surface area contributed by atoms with E-state index in [1.807, 2.05) is 55.1 Å². The summed E-state index contributed by atoms with van der Waals surface area (Å²) in [5, 5.41) is 5.00. The van der Waals surface area contributed by atoms with Crippen LogP contribution in [0.2, 0.25) is 0 Å². The second-order valence-electron chi connectivity index (χ2n) is 6.69. The maximum absolute atomic E-state index is 12.6. The SMILES string of the molecule is Cc1noc(C)c1CC(=O)N1CC[C@@H](Oc2ccc3ccccc3n2)C1. The van der Waals surface area contributed by atoms with Gasteiger partial charge in [0.1, 0.15) is 11.9 Å². The van der Waals surface area contributed by atoms with Crippen molar-refractivity contribution in [2.75, 3.05) is 13.1 Å². The first-order valence-electron chi connectivity index (χ1n) is 8.82. The molecule has 1 fully saturated rings. The number of likely N-dealkylation sites (tertiary alicyclic amines) is 1. The van der Waals surface area contributed by atoms with Crippen molar-refractivity contribution in [2.45, 2.75) is 32.8 Å². The largest absolute Gasteiger partial charge is 0.472 e. The first-order valence-corrected chi connectivity index (χ1v) is 8.82. The third-order valence-corrected chi connectivity index (χ3v) is 4.87. The zero-order valence-corrected chi connectivity index (χ0v) is 14.9. The minimum Gasteiger partial charge on any atom is -0.472 e. The molecule has 0 saturated carbocycles. The summed E-state index contributed by atoms with van der Waals surface area (Å²) in [6.45, 7) is 4.97. The standard InChI is InChI=1S/C20H21N3O3/c1-13-17(14(2)26-22-13)11-20(24)23-10-9-16(12-23)25-19-8-7-15-5-3-4-6-18(15)21-19/h3-8,16H,9-12H2,1-2H3/t16-/m1/s1. The molecule has 1 aromatic carbocycles. The average Bonchev–Trinajstić information content (AvgIpc) is 3.23. The summed E-state index contributed by atoms with van der Waals surface area (Å²) < 4.78 is 11.2. The van der Waals surface area contributed by atoms with Gasteiger partial charge in [0.2, 0.25) is 11.8 Å². The van der Waals surface area contributed by atoms with Crippen LogP contribution in [0.15, 0.2) is 40.9 Å². The average molecular weight is 351 g/mol. The van der Waals surface area contributed by atoms with Crippen LogP contribution < -0.4 is 4.74 Å². The van der Waals surface area contributed by atoms with E-state index in [-0.39, 0.29) is 12.0 Å². The molecular weight excluding hydrogens is 330 g/mol. The number of nitrogens with zero attached hydrogens (tertiary/aromatic N) is 3. The molecule has 6 heteroatoms. The number of hydrogen-bond acceptors (Lipinski definition) is 5. The van der Waals surface area contributed by atoms with Gasteiger partial charge in [-0.3, -0.25) is 4.79 Å². The van der Waals surface area contributed by atoms with Crippen LogP contribution in [0.5, 0.6) is 5.88 Å². The number of benzene rings is 1. The Morgan fingerprint density at radius 3 is 2.92 bits per heavy atom. The Hall–Kier alpha value is -2.89. The Morgan fingerprint density at radius 2 is 2.12 bits per heavy atom. The summed E-state index contributed by atoms with van der Waals surface area (Å²) in [7, 11) is 0. The number of para-hydroxylation sites is 1. The van der Waals surface area contributed by atoms with Crippen molar-refractivity contribution in [3.05, 3.63) is 53.4 Å². The van der Waals surface area contributed by atoms with Crippen molar-refractivity contribution in [2.24, 2.45) is 0 Å². The Kier molecular flexibility index (Phi) is 4.32. The molecule has 2 aromatic heterocycles. The molecule has 0 N–H and O–H groups in total. The number of aromatic nitrogens is 2. The minimum atomic E-state index is -0.0303. The monoisotopic (exact) mass is 351 g/mol. The van der Waals surface area contributed by atoms with Gasteiger partial charge >= 0.3 is 0 Å². The van der Waals surface area contributed by atoms with Gasteiger partial charge in [0.05, 0.1) is 24.2 Å². The molecule has 4 rings (SSSR count). The zero-order chi connectivity index (χ0) is 18.1. The number of pyridine rings is 1. The molecule has 1 aliphatic heterocycles. The van der Waals surface area contributed by atoms with E-state index in [9.17, 15) is 4.79 Å². The molecule has 1 amide bonds. The first-order chi connectivity index (χ1) is 12.6. The van der Waals surface area contributed by atoms with E-state index in [0.29, 0.717) is 31.2 Å². The van der Waals surface area contributed by atoms with E-state index in [2.05, 4.69) is 10.1 Å². The van der Waals surface area contributed by atoms with E-state index in [0.717, 1.165) is 28.6 Å². The predicted octanol–water partition coefficient (Wildman–Crippen LogP) is 3.06. The molecule has 134 valence electrons. The fourth-order valence-corrected chi connectivity index (χ4v) is 3.35. The molecule has 0 bridgehead atoms. The quantitative estimate of drug-likeness (QED) is 0.723. The van der Waals surface area contributed by atoms with Gasteiger partial charge in [-0.2, -0.15) is 0 Å². The van der Waals surface area contributed by atoms with Crippen molar-refractivity contribution < 1.29 is 14.1 Å². The van der Waals surface area contributed by atoms with Crippen molar-refractivity contribution in [3.8, 4) is 5.88 Å². The fourth-order valence-electron chi connectivity index (χ4n) is 3.35. The highest BCUT2D eigenvalue weighted by atomic mass is 16.5. The van der Waals surface area contributed by atoms with Crippen LogP contribution >= 0.6 is 0 Å². The van der Waals surface area contributed by atoms with Gasteiger partial charge < -0.3 is 14.2 Å². The number of hydrogen-bond donors (Lipinski definition) is 0. The van der Waals surface area contributed by atoms with Crippen LogP contribution in [-0.4, -0.2) is 40.1 Å². The number of carbonyl (C=O) groups excluding carboxylic acids is 1. The molecule has 0 spiro atoms. The molecule has 1 aliphatic rings. The van der Waals surface area contributed by atoms with Crippen molar-refractivity contribution in [1.82, 2.24) is 15.0 Å². The van der Waals surface area contributed by atoms with E-state index < -0.39 is 0 Å². The molecule has 1 atom stereocenters. The van der Waals surface area contributed by atoms with Gasteiger partial charge in [-0.15, -0.1) is 0 Å². The molecule has 1 saturated heterocycles. The maximum Gasteiger partial charge on any atom is 0.227 e. The lowest BCUT2D eigenvalue weighted by molar-refractivity contribution is -0.129. The Labute approximate surface area is 151 Å². The van der Waals surface area contributed by atoms with Crippen LogP contribution in [0.3, 0.4) is 0 Å².